The summed E-state index contributed by atoms with van der Waals surface area (Å²) in [6, 6.07) is 12.5. The molecule has 0 N–H and O–H groups in total. The molecule has 0 fully saturated rings. The summed E-state index contributed by atoms with van der Waals surface area (Å²) in [7, 11) is 1.42. The normalized spacial score (nSPS) is 10.7. The fourth-order valence-electron chi connectivity index (χ4n) is 2.48. The lowest BCUT2D eigenvalue weighted by molar-refractivity contribution is -0.384. The minimum absolute atomic E-state index is 0.00572. The van der Waals surface area contributed by atoms with E-state index in [0.29, 0.717) is 23.3 Å². The van der Waals surface area contributed by atoms with Gasteiger partial charge in [0, 0.05) is 24.1 Å². The molecular formula is C21H18N2O6. The van der Waals surface area contributed by atoms with E-state index in [1.807, 2.05) is 6.07 Å². The molecule has 2 rings (SSSR count). The van der Waals surface area contributed by atoms with Gasteiger partial charge < -0.3 is 9.47 Å². The van der Waals surface area contributed by atoms with E-state index in [4.69, 9.17) is 14.7 Å². The van der Waals surface area contributed by atoms with Crippen LogP contribution in [0.2, 0.25) is 0 Å². The summed E-state index contributed by atoms with van der Waals surface area (Å²) in [5.41, 5.74) is 1.42. The van der Waals surface area contributed by atoms with Gasteiger partial charge >= 0.3 is 5.97 Å². The van der Waals surface area contributed by atoms with Crippen LogP contribution >= 0.6 is 0 Å². The molecule has 0 bridgehead atoms. The number of hydrogen-bond acceptors (Lipinski definition) is 7. The van der Waals surface area contributed by atoms with Crippen LogP contribution in [-0.2, 0) is 20.7 Å². The number of nitriles is 1. The molecule has 0 unspecified atom stereocenters. The summed E-state index contributed by atoms with van der Waals surface area (Å²) < 4.78 is 10.4. The molecule has 0 atom stereocenters. The Morgan fingerprint density at radius 2 is 1.90 bits per heavy atom. The quantitative estimate of drug-likeness (QED) is 0.168. The first-order valence-corrected chi connectivity index (χ1v) is 8.57. The van der Waals surface area contributed by atoms with Gasteiger partial charge in [0.2, 0.25) is 0 Å². The number of nitrogens with zero attached hydrogens (tertiary/aromatic N) is 2. The lowest BCUT2D eigenvalue weighted by Crippen LogP contribution is -2.15. The van der Waals surface area contributed by atoms with Crippen molar-refractivity contribution in [1.82, 2.24) is 0 Å². The first-order chi connectivity index (χ1) is 13.8. The van der Waals surface area contributed by atoms with Crippen LogP contribution in [0.15, 0.2) is 48.0 Å². The maximum Gasteiger partial charge on any atom is 0.341 e. The van der Waals surface area contributed by atoms with Crippen LogP contribution in [0.25, 0.3) is 6.08 Å². The van der Waals surface area contributed by atoms with E-state index in [0.717, 1.165) is 5.56 Å². The van der Waals surface area contributed by atoms with Crippen LogP contribution in [-0.4, -0.2) is 30.4 Å². The molecule has 0 heterocycles. The van der Waals surface area contributed by atoms with E-state index in [9.17, 15) is 19.7 Å². The highest BCUT2D eigenvalue weighted by Crippen LogP contribution is 2.23. The van der Waals surface area contributed by atoms with E-state index in [2.05, 4.69) is 0 Å². The summed E-state index contributed by atoms with van der Waals surface area (Å²) in [5, 5.41) is 19.6. The molecule has 2 aromatic carbocycles. The Balaban J connectivity index is 2.10. The van der Waals surface area contributed by atoms with Gasteiger partial charge in [0.05, 0.1) is 30.3 Å². The van der Waals surface area contributed by atoms with E-state index in [1.165, 1.54) is 38.3 Å². The van der Waals surface area contributed by atoms with Crippen LogP contribution in [0.1, 0.15) is 23.6 Å². The molecule has 8 heteroatoms. The first-order valence-electron chi connectivity index (χ1n) is 8.57. The van der Waals surface area contributed by atoms with Crippen molar-refractivity contribution in [3.8, 4) is 11.8 Å². The number of hydrogen-bond donors (Lipinski definition) is 0. The predicted molar refractivity (Wildman–Crippen MR) is 104 cm³/mol. The molecule has 0 aromatic heterocycles. The SMILES string of the molecule is COc1cc(C#N)ccc1C=C(C(C)=O)C(=O)OCCc1ccc([N+](=O)[O-])cc1. The Kier molecular flexibility index (Phi) is 7.20. The number of ether oxygens (including phenoxy) is 2. The number of nitro groups is 1. The number of benzene rings is 2. The third-order valence-electron chi connectivity index (χ3n) is 4.03. The minimum atomic E-state index is -0.786. The van der Waals surface area contributed by atoms with Crippen molar-refractivity contribution in [2.24, 2.45) is 0 Å². The van der Waals surface area contributed by atoms with Crippen LogP contribution in [0.3, 0.4) is 0 Å². The molecule has 0 aliphatic rings. The second kappa shape index (κ2) is 9.80. The predicted octanol–water partition coefficient (Wildman–Crippen LogP) is 3.23. The molecular weight excluding hydrogens is 376 g/mol. The van der Waals surface area contributed by atoms with Crippen LogP contribution in [0.5, 0.6) is 5.75 Å². The molecule has 148 valence electrons. The maximum absolute atomic E-state index is 12.4. The third-order valence-corrected chi connectivity index (χ3v) is 4.03. The third kappa shape index (κ3) is 5.74. The molecule has 0 amide bonds. The van der Waals surface area contributed by atoms with Crippen molar-refractivity contribution in [1.29, 1.82) is 5.26 Å². The smallest absolute Gasteiger partial charge is 0.341 e. The summed E-state index contributed by atoms with van der Waals surface area (Å²) in [5.74, 6) is -0.913. The van der Waals surface area contributed by atoms with Crippen molar-refractivity contribution in [3.63, 3.8) is 0 Å². The molecule has 2 aromatic rings. The van der Waals surface area contributed by atoms with E-state index in [-0.39, 0.29) is 17.9 Å². The molecule has 0 aliphatic carbocycles. The van der Waals surface area contributed by atoms with E-state index >= 15 is 0 Å². The highest BCUT2D eigenvalue weighted by atomic mass is 16.6. The van der Waals surface area contributed by atoms with Crippen LogP contribution in [0, 0.1) is 21.4 Å². The molecule has 0 aliphatic heterocycles. The number of esters is 1. The average molecular weight is 394 g/mol. The van der Waals surface area contributed by atoms with Gasteiger partial charge in [-0.25, -0.2) is 4.79 Å². The van der Waals surface area contributed by atoms with Crippen molar-refractivity contribution in [2.75, 3.05) is 13.7 Å². The Morgan fingerprint density at radius 1 is 1.21 bits per heavy atom. The monoisotopic (exact) mass is 394 g/mol. The Morgan fingerprint density at radius 3 is 2.45 bits per heavy atom. The highest BCUT2D eigenvalue weighted by Gasteiger charge is 2.17. The summed E-state index contributed by atoms with van der Waals surface area (Å²) in [6.45, 7) is 1.26. The lowest BCUT2D eigenvalue weighted by Gasteiger charge is -2.09. The second-order valence-electron chi connectivity index (χ2n) is 5.99. The van der Waals surface area contributed by atoms with Crippen molar-refractivity contribution < 1.29 is 24.0 Å². The van der Waals surface area contributed by atoms with Gasteiger partial charge in [-0.3, -0.25) is 14.9 Å². The molecule has 0 radical (unpaired) electrons. The van der Waals surface area contributed by atoms with Gasteiger partial charge in [-0.2, -0.15) is 5.26 Å². The number of methoxy groups -OCH3 is 1. The van der Waals surface area contributed by atoms with Gasteiger partial charge in [0.15, 0.2) is 5.78 Å². The molecule has 0 saturated carbocycles. The van der Waals surface area contributed by atoms with Crippen LogP contribution in [0.4, 0.5) is 5.69 Å². The minimum Gasteiger partial charge on any atom is -0.496 e. The Labute approximate surface area is 167 Å². The first kappa shape index (κ1) is 21.3. The Bertz CT molecular complexity index is 1000. The number of nitro benzene ring substituents is 1. The molecule has 0 spiro atoms. The highest BCUT2D eigenvalue weighted by molar-refractivity contribution is 6.19. The van der Waals surface area contributed by atoms with Gasteiger partial charge in [0.1, 0.15) is 11.3 Å². The zero-order valence-corrected chi connectivity index (χ0v) is 15.9. The summed E-state index contributed by atoms with van der Waals surface area (Å²) >= 11 is 0. The zero-order chi connectivity index (χ0) is 21.4. The average Bonchev–Trinajstić information content (AvgIpc) is 2.71. The topological polar surface area (TPSA) is 120 Å². The number of carbonyl (C=O) groups excluding carboxylic acids is 2. The standard InChI is InChI=1S/C21H18N2O6/c1-14(24)19(12-17-6-3-16(13-22)11-20(17)28-2)21(25)29-10-9-15-4-7-18(8-5-15)23(26)27/h3-8,11-12H,9-10H2,1-2H3. The summed E-state index contributed by atoms with van der Waals surface area (Å²) in [6.07, 6.45) is 1.70. The zero-order valence-electron chi connectivity index (χ0n) is 15.9. The fraction of sp³-hybridized carbons (Fsp3) is 0.190. The number of rotatable bonds is 8. The van der Waals surface area contributed by atoms with E-state index < -0.39 is 16.7 Å². The summed E-state index contributed by atoms with van der Waals surface area (Å²) in [4.78, 5) is 34.4. The van der Waals surface area contributed by atoms with Gasteiger partial charge in [-0.05, 0) is 36.8 Å². The lowest BCUT2D eigenvalue weighted by atomic mass is 10.1. The van der Waals surface area contributed by atoms with Crippen molar-refractivity contribution >= 4 is 23.5 Å². The number of carbonyl (C=O) groups is 2. The number of non-ortho nitro benzene ring substituents is 1. The molecule has 8 nitrogen and oxygen atoms in total. The van der Waals surface area contributed by atoms with Crippen molar-refractivity contribution in [3.05, 3.63) is 74.8 Å². The second-order valence-corrected chi connectivity index (χ2v) is 5.99. The van der Waals surface area contributed by atoms with Crippen molar-refractivity contribution in [2.45, 2.75) is 13.3 Å². The number of ketones is 1. The largest absolute Gasteiger partial charge is 0.496 e. The Hall–Kier alpha value is -3.99. The van der Waals surface area contributed by atoms with Crippen LogP contribution < -0.4 is 4.74 Å². The molecule has 0 saturated heterocycles. The molecule has 29 heavy (non-hydrogen) atoms. The van der Waals surface area contributed by atoms with Gasteiger partial charge in [-0.15, -0.1) is 0 Å². The maximum atomic E-state index is 12.4. The van der Waals surface area contributed by atoms with Gasteiger partial charge in [-0.1, -0.05) is 12.1 Å². The number of Topliss-reactive ketones (excluding diaryl/α,β-unsaturated/α-hetero) is 1. The fourth-order valence-corrected chi connectivity index (χ4v) is 2.48. The van der Waals surface area contributed by atoms with E-state index in [1.54, 1.807) is 24.3 Å². The van der Waals surface area contributed by atoms with Gasteiger partial charge in [0.25, 0.3) is 5.69 Å².